The molecule has 1 saturated heterocycles. The number of fused-ring (bicyclic) bond motifs is 1. The number of rotatable bonds is 5. The maximum atomic E-state index is 10.4. The van der Waals surface area contributed by atoms with Crippen molar-refractivity contribution in [3.8, 4) is 0 Å². The van der Waals surface area contributed by atoms with Gasteiger partial charge in [0, 0.05) is 4.70 Å². The van der Waals surface area contributed by atoms with E-state index in [1.807, 2.05) is 36.4 Å². The number of benzene rings is 2. The Morgan fingerprint density at radius 3 is 2.43 bits per heavy atom. The van der Waals surface area contributed by atoms with E-state index in [1.165, 1.54) is 11.1 Å². The van der Waals surface area contributed by atoms with E-state index in [9.17, 15) is 20.4 Å². The smallest absolute Gasteiger partial charge is 0.113 e. The van der Waals surface area contributed by atoms with Crippen LogP contribution < -0.4 is 0 Å². The van der Waals surface area contributed by atoms with Crippen LogP contribution in [-0.4, -0.2) is 51.4 Å². The molecule has 4 rings (SSSR count). The van der Waals surface area contributed by atoms with Crippen LogP contribution in [0.15, 0.2) is 53.9 Å². The van der Waals surface area contributed by atoms with Crippen LogP contribution in [0.1, 0.15) is 22.8 Å². The molecule has 5 nitrogen and oxygen atoms in total. The fraction of sp³-hybridized carbons (Fsp3) is 0.364. The molecule has 3 aromatic rings. The van der Waals surface area contributed by atoms with Gasteiger partial charge in [-0.3, -0.25) is 0 Å². The molecule has 0 aliphatic carbocycles. The van der Waals surface area contributed by atoms with Crippen molar-refractivity contribution in [1.29, 1.82) is 0 Å². The van der Waals surface area contributed by atoms with Crippen molar-refractivity contribution in [2.75, 3.05) is 6.61 Å². The van der Waals surface area contributed by atoms with Crippen molar-refractivity contribution in [2.24, 2.45) is 0 Å². The second kappa shape index (κ2) is 8.29. The van der Waals surface area contributed by atoms with Gasteiger partial charge in [-0.1, -0.05) is 36.4 Å². The molecule has 2 heterocycles. The van der Waals surface area contributed by atoms with E-state index in [0.717, 1.165) is 28.5 Å². The zero-order chi connectivity index (χ0) is 19.7. The number of aliphatic hydroxyl groups is 4. The third-order valence-corrected chi connectivity index (χ3v) is 6.44. The summed E-state index contributed by atoms with van der Waals surface area (Å²) >= 11 is 1.68. The Hall–Kier alpha value is -1.80. The van der Waals surface area contributed by atoms with Crippen LogP contribution in [0, 0.1) is 0 Å². The fourth-order valence-electron chi connectivity index (χ4n) is 3.77. The van der Waals surface area contributed by atoms with E-state index in [2.05, 4.69) is 17.5 Å². The SMILES string of the molecule is OC[C@H]1O[C@@H](c2ccc3scc(CCc4ccccc4)c3c2)[C@H](O)[C@@H](O)[C@@H]1O. The van der Waals surface area contributed by atoms with Crippen LogP contribution in [0.25, 0.3) is 10.1 Å². The van der Waals surface area contributed by atoms with Crippen molar-refractivity contribution in [2.45, 2.75) is 43.4 Å². The Morgan fingerprint density at radius 2 is 1.68 bits per heavy atom. The molecule has 0 amide bonds. The number of aliphatic hydroxyl groups excluding tert-OH is 4. The second-order valence-corrected chi connectivity index (χ2v) is 8.16. The summed E-state index contributed by atoms with van der Waals surface area (Å²) in [6, 6.07) is 16.2. The molecule has 0 saturated carbocycles. The molecule has 1 aromatic heterocycles. The van der Waals surface area contributed by atoms with Crippen LogP contribution in [0.3, 0.4) is 0 Å². The molecule has 6 heteroatoms. The van der Waals surface area contributed by atoms with Gasteiger partial charge in [0.2, 0.25) is 0 Å². The van der Waals surface area contributed by atoms with Gasteiger partial charge < -0.3 is 25.2 Å². The second-order valence-electron chi connectivity index (χ2n) is 7.25. The molecule has 0 spiro atoms. The van der Waals surface area contributed by atoms with Gasteiger partial charge in [-0.05, 0) is 52.4 Å². The van der Waals surface area contributed by atoms with Crippen LogP contribution in [-0.2, 0) is 17.6 Å². The molecular formula is C22H24O5S. The predicted octanol–water partition coefficient (Wildman–Crippen LogP) is 2.20. The maximum absolute atomic E-state index is 10.4. The minimum atomic E-state index is -1.37. The van der Waals surface area contributed by atoms with E-state index in [0.29, 0.717) is 0 Å². The van der Waals surface area contributed by atoms with Crippen molar-refractivity contribution < 1.29 is 25.2 Å². The van der Waals surface area contributed by atoms with Crippen molar-refractivity contribution in [3.05, 3.63) is 70.6 Å². The molecule has 4 N–H and O–H groups in total. The molecule has 0 bridgehead atoms. The first-order chi connectivity index (χ1) is 13.6. The van der Waals surface area contributed by atoms with Gasteiger partial charge in [-0.15, -0.1) is 11.3 Å². The lowest BCUT2D eigenvalue weighted by atomic mass is 9.90. The average Bonchev–Trinajstić information content (AvgIpc) is 3.14. The van der Waals surface area contributed by atoms with Crippen molar-refractivity contribution in [3.63, 3.8) is 0 Å². The lowest BCUT2D eigenvalue weighted by Gasteiger charge is -2.40. The van der Waals surface area contributed by atoms with Gasteiger partial charge in [-0.25, -0.2) is 0 Å². The third-order valence-electron chi connectivity index (χ3n) is 5.42. The maximum Gasteiger partial charge on any atom is 0.113 e. The van der Waals surface area contributed by atoms with E-state index in [4.69, 9.17) is 4.74 Å². The largest absolute Gasteiger partial charge is 0.394 e. The molecule has 1 aliphatic heterocycles. The van der Waals surface area contributed by atoms with Gasteiger partial charge in [0.25, 0.3) is 0 Å². The highest BCUT2D eigenvalue weighted by molar-refractivity contribution is 7.17. The minimum Gasteiger partial charge on any atom is -0.394 e. The summed E-state index contributed by atoms with van der Waals surface area (Å²) in [6.45, 7) is -0.426. The lowest BCUT2D eigenvalue weighted by Crippen LogP contribution is -2.55. The quantitative estimate of drug-likeness (QED) is 0.527. The first-order valence-corrected chi connectivity index (χ1v) is 10.3. The molecule has 5 atom stereocenters. The van der Waals surface area contributed by atoms with Crippen molar-refractivity contribution >= 4 is 21.4 Å². The Labute approximate surface area is 167 Å². The highest BCUT2D eigenvalue weighted by Crippen LogP contribution is 2.36. The summed E-state index contributed by atoms with van der Waals surface area (Å²) in [5, 5.41) is 43.2. The predicted molar refractivity (Wildman–Crippen MR) is 108 cm³/mol. The topological polar surface area (TPSA) is 90.2 Å². The Bertz CT molecular complexity index is 923. The number of hydrogen-bond donors (Lipinski definition) is 4. The monoisotopic (exact) mass is 400 g/mol. The summed E-state index contributed by atoms with van der Waals surface area (Å²) in [5.41, 5.74) is 3.24. The van der Waals surface area contributed by atoms with Crippen LogP contribution in [0.4, 0.5) is 0 Å². The highest BCUT2D eigenvalue weighted by Gasteiger charge is 2.43. The zero-order valence-electron chi connectivity index (χ0n) is 15.3. The van der Waals surface area contributed by atoms with Crippen LogP contribution in [0.5, 0.6) is 0 Å². The third kappa shape index (κ3) is 3.72. The molecule has 1 aliphatic rings. The molecule has 0 unspecified atom stereocenters. The van der Waals surface area contributed by atoms with E-state index < -0.39 is 37.1 Å². The highest BCUT2D eigenvalue weighted by atomic mass is 32.1. The van der Waals surface area contributed by atoms with Gasteiger partial charge in [0.1, 0.15) is 30.5 Å². The first-order valence-electron chi connectivity index (χ1n) is 9.43. The first kappa shape index (κ1) is 19.5. The molecule has 1 fully saturated rings. The number of aryl methyl sites for hydroxylation is 2. The Balaban J connectivity index is 1.60. The van der Waals surface area contributed by atoms with Gasteiger partial charge in [0.15, 0.2) is 0 Å². The normalized spacial score (nSPS) is 27.9. The molecular weight excluding hydrogens is 376 g/mol. The molecule has 0 radical (unpaired) electrons. The van der Waals surface area contributed by atoms with Crippen LogP contribution in [0.2, 0.25) is 0 Å². The number of hydrogen-bond acceptors (Lipinski definition) is 6. The van der Waals surface area contributed by atoms with Crippen molar-refractivity contribution in [1.82, 2.24) is 0 Å². The summed E-state index contributed by atoms with van der Waals surface area (Å²) in [4.78, 5) is 0. The zero-order valence-corrected chi connectivity index (χ0v) is 16.1. The van der Waals surface area contributed by atoms with Gasteiger partial charge in [-0.2, -0.15) is 0 Å². The summed E-state index contributed by atoms with van der Waals surface area (Å²) in [6.07, 6.45) is -3.84. The lowest BCUT2D eigenvalue weighted by molar-refractivity contribution is -0.231. The molecule has 2 aromatic carbocycles. The van der Waals surface area contributed by atoms with Crippen LogP contribution >= 0.6 is 11.3 Å². The van der Waals surface area contributed by atoms with Gasteiger partial charge in [0.05, 0.1) is 6.61 Å². The molecule has 148 valence electrons. The molecule has 28 heavy (non-hydrogen) atoms. The number of ether oxygens (including phenoxy) is 1. The standard InChI is InChI=1S/C22H24O5S/c23-11-17-19(24)20(25)21(26)22(27-17)14-8-9-18-16(10-14)15(12-28-18)7-6-13-4-2-1-3-5-13/h1-5,8-10,12,17,19-26H,6-7,11H2/t17-,19-,20+,21-,22+/m1/s1. The van der Waals surface area contributed by atoms with Gasteiger partial charge >= 0.3 is 0 Å². The Morgan fingerprint density at radius 1 is 0.893 bits per heavy atom. The van der Waals surface area contributed by atoms with E-state index in [1.54, 1.807) is 11.3 Å². The van der Waals surface area contributed by atoms with E-state index in [-0.39, 0.29) is 0 Å². The summed E-state index contributed by atoms with van der Waals surface area (Å²) < 4.78 is 6.85. The fourth-order valence-corrected chi connectivity index (χ4v) is 4.75. The Kier molecular flexibility index (Phi) is 5.78. The summed E-state index contributed by atoms with van der Waals surface area (Å²) in [7, 11) is 0. The number of thiophene rings is 1. The minimum absolute atomic E-state index is 0.426. The van der Waals surface area contributed by atoms with E-state index >= 15 is 0 Å². The summed E-state index contributed by atoms with van der Waals surface area (Å²) in [5.74, 6) is 0. The average molecular weight is 400 g/mol.